The molecule has 7 heteroatoms. The Morgan fingerprint density at radius 1 is 1.04 bits per heavy atom. The number of anilines is 1. The molecule has 0 spiro atoms. The van der Waals surface area contributed by atoms with Gasteiger partial charge >= 0.3 is 5.97 Å². The number of hydrogen-bond acceptors (Lipinski definition) is 3. The van der Waals surface area contributed by atoms with Gasteiger partial charge in [-0.15, -0.1) is 0 Å². The summed E-state index contributed by atoms with van der Waals surface area (Å²) < 4.78 is 0. The van der Waals surface area contributed by atoms with Crippen molar-refractivity contribution in [2.45, 2.75) is 26.3 Å². The van der Waals surface area contributed by atoms with Crippen LogP contribution in [0.25, 0.3) is 0 Å². The Balaban J connectivity index is 1.95. The number of halogens is 1. The summed E-state index contributed by atoms with van der Waals surface area (Å²) in [4.78, 5) is 35.1. The number of aliphatic carboxylic acids is 1. The number of carboxylic acids is 1. The summed E-state index contributed by atoms with van der Waals surface area (Å²) in [5, 5.41) is 14.6. The SMILES string of the molecule is CC(Cc1ccccc1Cl)C(=O)Nc1ccc(C(=O)NC(C)C(=O)O)cc1. The van der Waals surface area contributed by atoms with Gasteiger partial charge in [0.2, 0.25) is 5.91 Å². The van der Waals surface area contributed by atoms with Crippen LogP contribution < -0.4 is 10.6 Å². The van der Waals surface area contributed by atoms with Gasteiger partial charge in [-0.3, -0.25) is 14.4 Å². The van der Waals surface area contributed by atoms with E-state index in [0.29, 0.717) is 22.7 Å². The van der Waals surface area contributed by atoms with Crippen LogP contribution in [-0.2, 0) is 16.0 Å². The number of carbonyl (C=O) groups is 3. The summed E-state index contributed by atoms with van der Waals surface area (Å²) in [7, 11) is 0. The van der Waals surface area contributed by atoms with E-state index in [1.54, 1.807) is 18.2 Å². The smallest absolute Gasteiger partial charge is 0.325 e. The molecule has 2 aromatic rings. The van der Waals surface area contributed by atoms with Crippen molar-refractivity contribution in [2.75, 3.05) is 5.32 Å². The summed E-state index contributed by atoms with van der Waals surface area (Å²) >= 11 is 6.13. The molecular weight excluding hydrogens is 368 g/mol. The second-order valence-electron chi connectivity index (χ2n) is 6.30. The summed E-state index contributed by atoms with van der Waals surface area (Å²) in [6.45, 7) is 3.20. The zero-order valence-corrected chi connectivity index (χ0v) is 15.8. The van der Waals surface area contributed by atoms with Gasteiger partial charge < -0.3 is 15.7 Å². The molecule has 142 valence electrons. The fourth-order valence-electron chi connectivity index (χ4n) is 2.40. The highest BCUT2D eigenvalue weighted by Crippen LogP contribution is 2.20. The van der Waals surface area contributed by atoms with Crippen molar-refractivity contribution in [3.63, 3.8) is 0 Å². The fraction of sp³-hybridized carbons (Fsp3) is 0.250. The number of hydrogen-bond donors (Lipinski definition) is 3. The summed E-state index contributed by atoms with van der Waals surface area (Å²) in [6.07, 6.45) is 0.513. The van der Waals surface area contributed by atoms with Crippen LogP contribution in [0.2, 0.25) is 5.02 Å². The van der Waals surface area contributed by atoms with Crippen LogP contribution in [0.4, 0.5) is 5.69 Å². The maximum atomic E-state index is 12.4. The van der Waals surface area contributed by atoms with Gasteiger partial charge in [-0.25, -0.2) is 0 Å². The molecule has 0 bridgehead atoms. The predicted molar refractivity (Wildman–Crippen MR) is 104 cm³/mol. The van der Waals surface area contributed by atoms with Gasteiger partial charge in [0.05, 0.1) is 0 Å². The van der Waals surface area contributed by atoms with Crippen LogP contribution in [0.1, 0.15) is 29.8 Å². The minimum absolute atomic E-state index is 0.161. The van der Waals surface area contributed by atoms with Crippen LogP contribution in [0.15, 0.2) is 48.5 Å². The Labute approximate surface area is 162 Å². The van der Waals surface area contributed by atoms with E-state index in [1.165, 1.54) is 19.1 Å². The van der Waals surface area contributed by atoms with E-state index in [4.69, 9.17) is 16.7 Å². The molecule has 0 saturated heterocycles. The molecule has 0 heterocycles. The zero-order valence-electron chi connectivity index (χ0n) is 15.0. The molecule has 6 nitrogen and oxygen atoms in total. The Hall–Kier alpha value is -2.86. The van der Waals surface area contributed by atoms with Gasteiger partial charge in [-0.2, -0.15) is 0 Å². The van der Waals surface area contributed by atoms with Crippen LogP contribution >= 0.6 is 11.6 Å². The Morgan fingerprint density at radius 3 is 2.26 bits per heavy atom. The largest absolute Gasteiger partial charge is 0.480 e. The maximum Gasteiger partial charge on any atom is 0.325 e. The predicted octanol–water partition coefficient (Wildman–Crippen LogP) is 3.36. The lowest BCUT2D eigenvalue weighted by molar-refractivity contribution is -0.138. The highest BCUT2D eigenvalue weighted by molar-refractivity contribution is 6.31. The molecule has 2 unspecified atom stereocenters. The minimum atomic E-state index is -1.11. The average molecular weight is 389 g/mol. The highest BCUT2D eigenvalue weighted by atomic mass is 35.5. The molecule has 3 N–H and O–H groups in total. The van der Waals surface area contributed by atoms with Gasteiger partial charge in [-0.05, 0) is 49.2 Å². The van der Waals surface area contributed by atoms with Crippen molar-refractivity contribution in [2.24, 2.45) is 5.92 Å². The summed E-state index contributed by atoms with van der Waals surface area (Å²) in [6, 6.07) is 12.7. The topological polar surface area (TPSA) is 95.5 Å². The molecule has 2 amide bonds. The van der Waals surface area contributed by atoms with Crippen molar-refractivity contribution >= 4 is 35.1 Å². The number of carbonyl (C=O) groups excluding carboxylic acids is 2. The molecule has 27 heavy (non-hydrogen) atoms. The molecule has 0 aliphatic heterocycles. The average Bonchev–Trinajstić information content (AvgIpc) is 2.63. The standard InChI is InChI=1S/C20H21ClN2O4/c1-12(11-15-5-3-4-6-17(15)21)18(24)23-16-9-7-14(8-10-16)19(25)22-13(2)20(26)27/h3-10,12-13H,11H2,1-2H3,(H,22,25)(H,23,24)(H,26,27). The molecule has 0 saturated carbocycles. The normalized spacial score (nSPS) is 12.7. The molecule has 0 aliphatic carbocycles. The molecule has 2 aromatic carbocycles. The van der Waals surface area contributed by atoms with E-state index >= 15 is 0 Å². The Morgan fingerprint density at radius 2 is 1.67 bits per heavy atom. The summed E-state index contributed by atoms with van der Waals surface area (Å²) in [5.74, 6) is -2.05. The lowest BCUT2D eigenvalue weighted by Crippen LogP contribution is -2.38. The first kappa shape index (κ1) is 20.5. The number of rotatable bonds is 7. The molecule has 2 rings (SSSR count). The van der Waals surface area contributed by atoms with Crippen molar-refractivity contribution in [1.29, 1.82) is 0 Å². The molecule has 0 fully saturated rings. The van der Waals surface area contributed by atoms with Crippen molar-refractivity contribution in [3.05, 3.63) is 64.7 Å². The van der Waals surface area contributed by atoms with Crippen LogP contribution in [-0.4, -0.2) is 28.9 Å². The quantitative estimate of drug-likeness (QED) is 0.677. The van der Waals surface area contributed by atoms with Crippen molar-refractivity contribution in [3.8, 4) is 0 Å². The van der Waals surface area contributed by atoms with Gasteiger partial charge in [-0.1, -0.05) is 36.7 Å². The lowest BCUT2D eigenvalue weighted by atomic mass is 10.00. The van der Waals surface area contributed by atoms with Crippen LogP contribution in [0, 0.1) is 5.92 Å². The van der Waals surface area contributed by atoms with Gasteiger partial charge in [0, 0.05) is 22.2 Å². The van der Waals surface area contributed by atoms with Crippen LogP contribution in [0.5, 0.6) is 0 Å². The zero-order chi connectivity index (χ0) is 20.0. The Bertz CT molecular complexity index is 836. The third-order valence-corrected chi connectivity index (χ3v) is 4.43. The van der Waals surface area contributed by atoms with E-state index in [0.717, 1.165) is 5.56 Å². The van der Waals surface area contributed by atoms with E-state index < -0.39 is 17.9 Å². The molecule has 0 aromatic heterocycles. The first-order valence-corrected chi connectivity index (χ1v) is 8.83. The highest BCUT2D eigenvalue weighted by Gasteiger charge is 2.17. The van der Waals surface area contributed by atoms with E-state index in [9.17, 15) is 14.4 Å². The molecule has 0 aliphatic rings. The second kappa shape index (κ2) is 9.19. The van der Waals surface area contributed by atoms with E-state index in [2.05, 4.69) is 10.6 Å². The van der Waals surface area contributed by atoms with Gasteiger partial charge in [0.25, 0.3) is 5.91 Å². The lowest BCUT2D eigenvalue weighted by Gasteiger charge is -2.14. The van der Waals surface area contributed by atoms with E-state index in [-0.39, 0.29) is 11.8 Å². The first-order chi connectivity index (χ1) is 12.8. The number of nitrogens with one attached hydrogen (secondary N) is 2. The van der Waals surface area contributed by atoms with E-state index in [1.807, 2.05) is 25.1 Å². The third kappa shape index (κ3) is 5.82. The van der Waals surface area contributed by atoms with Crippen molar-refractivity contribution < 1.29 is 19.5 Å². The fourth-order valence-corrected chi connectivity index (χ4v) is 2.61. The Kier molecular flexibility index (Phi) is 6.96. The van der Waals surface area contributed by atoms with Crippen molar-refractivity contribution in [1.82, 2.24) is 5.32 Å². The summed E-state index contributed by atoms with van der Waals surface area (Å²) in [5.41, 5.74) is 1.76. The number of amides is 2. The molecular formula is C20H21ClN2O4. The molecule has 0 radical (unpaired) electrons. The number of benzene rings is 2. The second-order valence-corrected chi connectivity index (χ2v) is 6.70. The van der Waals surface area contributed by atoms with Gasteiger partial charge in [0.15, 0.2) is 0 Å². The molecule has 2 atom stereocenters. The number of carboxylic acid groups (broad SMARTS) is 1. The minimum Gasteiger partial charge on any atom is -0.480 e. The third-order valence-electron chi connectivity index (χ3n) is 4.06. The van der Waals surface area contributed by atoms with Gasteiger partial charge in [0.1, 0.15) is 6.04 Å². The monoisotopic (exact) mass is 388 g/mol. The van der Waals surface area contributed by atoms with Crippen LogP contribution in [0.3, 0.4) is 0 Å². The first-order valence-electron chi connectivity index (χ1n) is 8.46. The maximum absolute atomic E-state index is 12.4.